The first-order valence-corrected chi connectivity index (χ1v) is 43.9. The lowest BCUT2D eigenvalue weighted by atomic mass is 9.49. The third-order valence-electron chi connectivity index (χ3n) is 24.8. The second kappa shape index (κ2) is 30.9. The molecule has 100 heavy (non-hydrogen) atoms. The molecule has 12 fully saturated rings. The zero-order valence-electron chi connectivity index (χ0n) is 56.9. The standard InChI is InChI=1S/C81H87I6O12S/c1-4-79(55-22-46-19-47(24-55)25-56(79)23-46)97-73(88)43-94-76-52(34-61(82)37-70(76)85)40-91-64-7-13-67(14-8-64)100(68-15-9-65(10-16-68)92-41-53-35-62(83)38-71(86)77(53)95-44-74(89)98-80(5-2)57-26-48-20-49(28-57)29-58(80)27-48)69-17-11-66(12-18-69)93-42-54-36-63(84)39-72(87)78(54)96-45-75(90)99-81(6-3)59-30-50-21-51(32-59)33-60(81)31-50/h7-18,34-39,46-51,55-60H,4-6,19-33,40-45H2,1-3H3/q+1. The summed E-state index contributed by atoms with van der Waals surface area (Å²) < 4.78 is 64.5. The Bertz CT molecular complexity index is 3520. The van der Waals surface area contributed by atoms with Gasteiger partial charge in [0.2, 0.25) is 0 Å². The molecule has 0 spiro atoms. The van der Waals surface area contributed by atoms with Gasteiger partial charge < -0.3 is 42.6 Å². The number of esters is 3. The minimum Gasteiger partial charge on any atom is -0.489 e. The Labute approximate surface area is 673 Å². The Balaban J connectivity index is 0.635. The molecule has 0 amide bonds. The highest BCUT2D eigenvalue weighted by Crippen LogP contribution is 2.64. The van der Waals surface area contributed by atoms with Crippen LogP contribution in [0.1, 0.15) is 153 Å². The predicted octanol–water partition coefficient (Wildman–Crippen LogP) is 20.7. The third kappa shape index (κ3) is 15.0. The van der Waals surface area contributed by atoms with Crippen LogP contribution in [0.25, 0.3) is 0 Å². The van der Waals surface area contributed by atoms with E-state index in [-0.39, 0.29) is 74.4 Å². The number of ether oxygens (including phenoxy) is 9. The number of benzene rings is 6. The van der Waals surface area contributed by atoms with Crippen LogP contribution in [-0.4, -0.2) is 54.5 Å². The summed E-state index contributed by atoms with van der Waals surface area (Å²) in [5.74, 6) is 10.5. The van der Waals surface area contributed by atoms with Crippen molar-refractivity contribution in [3.05, 3.63) is 147 Å². The molecule has 0 aromatic heterocycles. The quantitative estimate of drug-likeness (QED) is 0.0210. The fraction of sp³-hybridized carbons (Fsp3) is 0.519. The fourth-order valence-corrected chi connectivity index (χ4v) is 29.5. The molecule has 0 saturated heterocycles. The van der Waals surface area contributed by atoms with E-state index < -0.39 is 10.9 Å². The van der Waals surface area contributed by atoms with Crippen LogP contribution >= 0.6 is 136 Å². The molecule has 0 aliphatic heterocycles. The lowest BCUT2D eigenvalue weighted by molar-refractivity contribution is -0.212. The predicted molar refractivity (Wildman–Crippen MR) is 435 cm³/mol. The highest BCUT2D eigenvalue weighted by Gasteiger charge is 2.61. The van der Waals surface area contributed by atoms with E-state index in [0.717, 1.165) is 108 Å². The molecule has 6 aromatic carbocycles. The summed E-state index contributed by atoms with van der Waals surface area (Å²) in [6.07, 6.45) is 20.7. The van der Waals surface area contributed by atoms with Crippen molar-refractivity contribution >= 4 is 164 Å². The summed E-state index contributed by atoms with van der Waals surface area (Å²) in [5, 5.41) is 0. The Morgan fingerprint density at radius 1 is 0.340 bits per heavy atom. The van der Waals surface area contributed by atoms with Crippen molar-refractivity contribution in [2.75, 3.05) is 19.8 Å². The van der Waals surface area contributed by atoms with E-state index in [1.54, 1.807) is 0 Å². The molecule has 0 unspecified atom stereocenters. The molecule has 12 saturated carbocycles. The maximum Gasteiger partial charge on any atom is 0.344 e. The van der Waals surface area contributed by atoms with Crippen molar-refractivity contribution in [2.45, 2.75) is 188 Å². The number of hydrogen-bond acceptors (Lipinski definition) is 12. The van der Waals surface area contributed by atoms with Gasteiger partial charge in [-0.2, -0.15) is 0 Å². The first kappa shape index (κ1) is 72.8. The highest BCUT2D eigenvalue weighted by atomic mass is 127. The van der Waals surface area contributed by atoms with E-state index >= 15 is 0 Å². The van der Waals surface area contributed by atoms with Crippen LogP contribution in [0.3, 0.4) is 0 Å². The van der Waals surface area contributed by atoms with Gasteiger partial charge in [0.25, 0.3) is 0 Å². The van der Waals surface area contributed by atoms with E-state index in [1.165, 1.54) is 96.3 Å². The molecule has 530 valence electrons. The average Bonchev–Trinajstić information content (AvgIpc) is 0.740. The fourth-order valence-electron chi connectivity index (χ4n) is 21.1. The lowest BCUT2D eigenvalue weighted by Crippen LogP contribution is -2.59. The molecule has 12 aliphatic carbocycles. The van der Waals surface area contributed by atoms with Crippen LogP contribution < -0.4 is 28.4 Å². The lowest BCUT2D eigenvalue weighted by Gasteiger charge is -2.60. The van der Waals surface area contributed by atoms with Crippen molar-refractivity contribution in [1.82, 2.24) is 0 Å². The molecule has 12 bridgehead atoms. The summed E-state index contributed by atoms with van der Waals surface area (Å²) in [7, 11) is -0.600. The Kier molecular flexibility index (Phi) is 22.5. The van der Waals surface area contributed by atoms with Crippen LogP contribution in [0.2, 0.25) is 0 Å². The van der Waals surface area contributed by atoms with Gasteiger partial charge in [0.05, 0.1) is 21.6 Å². The van der Waals surface area contributed by atoms with Crippen molar-refractivity contribution in [3.63, 3.8) is 0 Å². The maximum atomic E-state index is 13.8. The van der Waals surface area contributed by atoms with Gasteiger partial charge in [0.1, 0.15) is 71.1 Å². The van der Waals surface area contributed by atoms with Gasteiger partial charge in [-0.25, -0.2) is 14.4 Å². The molecule has 12 nitrogen and oxygen atoms in total. The van der Waals surface area contributed by atoms with E-state index in [9.17, 15) is 14.4 Å². The van der Waals surface area contributed by atoms with Gasteiger partial charge in [0, 0.05) is 27.4 Å². The van der Waals surface area contributed by atoms with Crippen LogP contribution in [0.15, 0.2) is 124 Å². The molecule has 19 heteroatoms. The smallest absolute Gasteiger partial charge is 0.344 e. The van der Waals surface area contributed by atoms with Crippen molar-refractivity contribution in [2.24, 2.45) is 71.0 Å². The molecule has 0 N–H and O–H groups in total. The zero-order chi connectivity index (χ0) is 69.2. The van der Waals surface area contributed by atoms with E-state index in [1.807, 2.05) is 36.4 Å². The van der Waals surface area contributed by atoms with Crippen molar-refractivity contribution in [3.8, 4) is 34.5 Å². The monoisotopic (exact) mass is 2050 g/mol. The molecule has 6 aromatic rings. The van der Waals surface area contributed by atoms with Crippen molar-refractivity contribution < 1.29 is 57.0 Å². The SMILES string of the molecule is CCC1(OC(=O)COc2c(I)cc(I)cc2COc2ccc([S+](c3ccc(OCc4cc(I)cc(I)c4OCC(=O)OC4(CC)C5CC6CC(C5)CC4C6)cc3)c3ccc(OCc4cc(I)cc(I)c4OCC(=O)OC4(CC)C5CC6CC(C5)CC4C6)cc3)cc2)C2CC3CC(C2)CC1C3. The highest BCUT2D eigenvalue weighted by molar-refractivity contribution is 14.1. The van der Waals surface area contributed by atoms with Gasteiger partial charge in [-0.05, 0) is 431 Å². The second-order valence-corrected chi connectivity index (χ2v) is 39.6. The average molecular weight is 2050 g/mol. The minimum absolute atomic E-state index is 0.154. The van der Waals surface area contributed by atoms with E-state index in [4.69, 9.17) is 42.6 Å². The zero-order valence-corrected chi connectivity index (χ0v) is 70.6. The second-order valence-electron chi connectivity index (χ2n) is 30.3. The van der Waals surface area contributed by atoms with E-state index in [2.05, 4.69) is 229 Å². The normalized spacial score (nSPS) is 30.2. The number of hydrogen-bond donors (Lipinski definition) is 0. The summed E-state index contributed by atoms with van der Waals surface area (Å²) >= 11 is 13.9. The Morgan fingerprint density at radius 3 is 0.790 bits per heavy atom. The maximum absolute atomic E-state index is 13.8. The van der Waals surface area contributed by atoms with Crippen LogP contribution in [-0.2, 0) is 59.3 Å². The number of carbonyl (C=O) groups excluding carboxylic acids is 3. The molecule has 0 radical (unpaired) electrons. The topological polar surface area (TPSA) is 134 Å². The van der Waals surface area contributed by atoms with Crippen LogP contribution in [0, 0.1) is 92.4 Å². The van der Waals surface area contributed by atoms with Gasteiger partial charge in [0.15, 0.2) is 34.5 Å². The summed E-state index contributed by atoms with van der Waals surface area (Å²) in [6.45, 7) is 6.83. The van der Waals surface area contributed by atoms with Gasteiger partial charge >= 0.3 is 17.9 Å². The van der Waals surface area contributed by atoms with E-state index in [0.29, 0.717) is 70.0 Å². The molecular formula is C81H87I6O12S+. The van der Waals surface area contributed by atoms with Gasteiger partial charge in [-0.15, -0.1) is 0 Å². The Morgan fingerprint density at radius 2 is 0.570 bits per heavy atom. The minimum atomic E-state index is -0.600. The molecule has 0 heterocycles. The largest absolute Gasteiger partial charge is 0.489 e. The summed E-state index contributed by atoms with van der Waals surface area (Å²) in [4.78, 5) is 44.7. The number of carbonyl (C=O) groups is 3. The number of rotatable bonds is 27. The molecular weight excluding hydrogens is 1960 g/mol. The molecule has 18 rings (SSSR count). The number of halogens is 6. The first-order chi connectivity index (χ1) is 48.3. The first-order valence-electron chi connectivity index (χ1n) is 36.3. The van der Waals surface area contributed by atoms with Gasteiger partial charge in [-0.3, -0.25) is 0 Å². The van der Waals surface area contributed by atoms with Crippen LogP contribution in [0.5, 0.6) is 34.5 Å². The van der Waals surface area contributed by atoms with Crippen LogP contribution in [0.4, 0.5) is 0 Å². The molecule has 12 aliphatic rings. The van der Waals surface area contributed by atoms with Crippen molar-refractivity contribution in [1.29, 1.82) is 0 Å². The summed E-state index contributed by atoms with van der Waals surface area (Å²) in [6, 6.07) is 37.3. The molecule has 0 atom stereocenters. The van der Waals surface area contributed by atoms with Gasteiger partial charge in [-0.1, -0.05) is 20.8 Å². The Hall–Kier alpha value is -2.74. The third-order valence-corrected chi connectivity index (χ3v) is 31.3. The summed E-state index contributed by atoms with van der Waals surface area (Å²) in [5.41, 5.74) is 1.41.